The average Bonchev–Trinajstić information content (AvgIpc) is 2.40. The highest BCUT2D eigenvalue weighted by atomic mass is 16.2. The predicted molar refractivity (Wildman–Crippen MR) is 87.7 cm³/mol. The smallest absolute Gasteiger partial charge is 0.326 e. The Kier molecular flexibility index (Phi) is 4.17. The second-order valence-electron chi connectivity index (χ2n) is 5.94. The molecule has 0 atom stereocenters. The number of nitrogen functional groups attached to an aromatic ring is 1. The third-order valence-electron chi connectivity index (χ3n) is 2.85. The van der Waals surface area contributed by atoms with Gasteiger partial charge in [-0.05, 0) is 57.2 Å². The third-order valence-corrected chi connectivity index (χ3v) is 2.85. The average molecular weight is 283 g/mol. The van der Waals surface area contributed by atoms with Crippen molar-refractivity contribution in [1.82, 2.24) is 5.32 Å². The van der Waals surface area contributed by atoms with Crippen LogP contribution in [0.5, 0.6) is 0 Å². The Bertz CT molecular complexity index is 600. The van der Waals surface area contributed by atoms with Crippen molar-refractivity contribution >= 4 is 23.1 Å². The molecule has 0 aliphatic carbocycles. The maximum atomic E-state index is 12.6. The van der Waals surface area contributed by atoms with E-state index in [9.17, 15) is 4.79 Å². The van der Waals surface area contributed by atoms with E-state index in [1.807, 2.05) is 63.2 Å². The summed E-state index contributed by atoms with van der Waals surface area (Å²) in [5.41, 5.74) is 7.67. The Labute approximate surface area is 125 Å². The first-order chi connectivity index (χ1) is 9.87. The predicted octanol–water partition coefficient (Wildman–Crippen LogP) is 3.92. The van der Waals surface area contributed by atoms with Gasteiger partial charge < -0.3 is 11.1 Å². The van der Waals surface area contributed by atoms with Gasteiger partial charge in [0, 0.05) is 11.2 Å². The Morgan fingerprint density at radius 2 is 1.48 bits per heavy atom. The lowest BCUT2D eigenvalue weighted by Crippen LogP contribution is -2.47. The molecule has 2 rings (SSSR count). The molecule has 2 aromatic rings. The van der Waals surface area contributed by atoms with Crippen molar-refractivity contribution < 1.29 is 4.79 Å². The summed E-state index contributed by atoms with van der Waals surface area (Å²) >= 11 is 0. The number of para-hydroxylation sites is 1. The van der Waals surface area contributed by atoms with Crippen molar-refractivity contribution in [3.63, 3.8) is 0 Å². The van der Waals surface area contributed by atoms with Gasteiger partial charge in [0.25, 0.3) is 0 Å². The molecule has 2 aromatic carbocycles. The first-order valence-corrected chi connectivity index (χ1v) is 6.90. The minimum absolute atomic E-state index is 0.168. The molecule has 2 amide bonds. The fourth-order valence-electron chi connectivity index (χ4n) is 1.96. The fourth-order valence-corrected chi connectivity index (χ4v) is 1.96. The minimum Gasteiger partial charge on any atom is -0.399 e. The summed E-state index contributed by atoms with van der Waals surface area (Å²) in [6.07, 6.45) is 0. The number of rotatable bonds is 2. The van der Waals surface area contributed by atoms with Gasteiger partial charge in [0.05, 0.1) is 11.4 Å². The molecule has 0 radical (unpaired) electrons. The van der Waals surface area contributed by atoms with E-state index in [-0.39, 0.29) is 11.6 Å². The second-order valence-corrected chi connectivity index (χ2v) is 5.94. The van der Waals surface area contributed by atoms with Crippen LogP contribution in [-0.2, 0) is 0 Å². The molecule has 0 aromatic heterocycles. The van der Waals surface area contributed by atoms with E-state index in [2.05, 4.69) is 5.32 Å². The number of carbonyl (C=O) groups is 1. The largest absolute Gasteiger partial charge is 0.399 e. The molecule has 4 nitrogen and oxygen atoms in total. The van der Waals surface area contributed by atoms with Crippen molar-refractivity contribution in [2.24, 2.45) is 0 Å². The number of hydrogen-bond acceptors (Lipinski definition) is 2. The van der Waals surface area contributed by atoms with E-state index in [1.165, 1.54) is 0 Å². The molecule has 0 aliphatic rings. The zero-order valence-corrected chi connectivity index (χ0v) is 12.6. The second kappa shape index (κ2) is 5.87. The van der Waals surface area contributed by atoms with Crippen LogP contribution in [-0.4, -0.2) is 11.6 Å². The van der Waals surface area contributed by atoms with Gasteiger partial charge in [-0.25, -0.2) is 4.79 Å². The monoisotopic (exact) mass is 283 g/mol. The molecule has 0 bridgehead atoms. The SMILES string of the molecule is CC(C)(C)NC(=O)N(c1ccccc1)c1ccc(N)cc1. The maximum Gasteiger partial charge on any atom is 0.326 e. The van der Waals surface area contributed by atoms with E-state index >= 15 is 0 Å². The van der Waals surface area contributed by atoms with Gasteiger partial charge in [0.2, 0.25) is 0 Å². The van der Waals surface area contributed by atoms with Gasteiger partial charge in [-0.1, -0.05) is 18.2 Å². The molecule has 0 unspecified atom stereocenters. The van der Waals surface area contributed by atoms with Gasteiger partial charge in [-0.2, -0.15) is 0 Å². The van der Waals surface area contributed by atoms with Gasteiger partial charge in [0.1, 0.15) is 0 Å². The number of carbonyl (C=O) groups excluding carboxylic acids is 1. The molecule has 0 heterocycles. The van der Waals surface area contributed by atoms with Crippen LogP contribution in [0.25, 0.3) is 0 Å². The number of anilines is 3. The van der Waals surface area contributed by atoms with E-state index in [1.54, 1.807) is 17.0 Å². The summed E-state index contributed by atoms with van der Waals surface area (Å²) < 4.78 is 0. The first kappa shape index (κ1) is 14.9. The number of benzene rings is 2. The van der Waals surface area contributed by atoms with Crippen molar-refractivity contribution in [2.75, 3.05) is 10.6 Å². The number of amides is 2. The quantitative estimate of drug-likeness (QED) is 0.821. The van der Waals surface area contributed by atoms with Crippen LogP contribution < -0.4 is 16.0 Å². The van der Waals surface area contributed by atoms with E-state index in [4.69, 9.17) is 5.73 Å². The van der Waals surface area contributed by atoms with Crippen LogP contribution in [0.2, 0.25) is 0 Å². The van der Waals surface area contributed by atoms with Crippen LogP contribution in [0, 0.1) is 0 Å². The molecule has 110 valence electrons. The Hall–Kier alpha value is -2.49. The molecule has 0 saturated carbocycles. The van der Waals surface area contributed by atoms with Crippen molar-refractivity contribution in [3.05, 3.63) is 54.6 Å². The minimum atomic E-state index is -0.308. The van der Waals surface area contributed by atoms with E-state index in [0.717, 1.165) is 11.4 Å². The van der Waals surface area contributed by atoms with Gasteiger partial charge >= 0.3 is 6.03 Å². The molecule has 0 saturated heterocycles. The van der Waals surface area contributed by atoms with Crippen LogP contribution in [0.1, 0.15) is 20.8 Å². The van der Waals surface area contributed by atoms with Crippen LogP contribution >= 0.6 is 0 Å². The Morgan fingerprint density at radius 1 is 0.952 bits per heavy atom. The summed E-state index contributed by atoms with van der Waals surface area (Å²) in [6, 6.07) is 16.6. The maximum absolute atomic E-state index is 12.6. The fraction of sp³-hybridized carbons (Fsp3) is 0.235. The lowest BCUT2D eigenvalue weighted by atomic mass is 10.1. The van der Waals surface area contributed by atoms with Gasteiger partial charge in [0.15, 0.2) is 0 Å². The molecule has 3 N–H and O–H groups in total. The molecular weight excluding hydrogens is 262 g/mol. The van der Waals surface area contributed by atoms with Gasteiger partial charge in [-0.15, -0.1) is 0 Å². The number of urea groups is 1. The normalized spacial score (nSPS) is 11.0. The summed E-state index contributed by atoms with van der Waals surface area (Å²) in [6.45, 7) is 5.87. The molecule has 4 heteroatoms. The molecule has 21 heavy (non-hydrogen) atoms. The summed E-state index contributed by atoms with van der Waals surface area (Å²) in [4.78, 5) is 14.3. The van der Waals surface area contributed by atoms with Crippen molar-refractivity contribution in [2.45, 2.75) is 26.3 Å². The summed E-state index contributed by atoms with van der Waals surface area (Å²) in [5, 5.41) is 2.99. The molecule has 0 spiro atoms. The zero-order chi connectivity index (χ0) is 15.5. The standard InChI is InChI=1S/C17H21N3O/c1-17(2,3)19-16(21)20(14-7-5-4-6-8-14)15-11-9-13(18)10-12-15/h4-12H,18H2,1-3H3,(H,19,21). The van der Waals surface area contributed by atoms with Crippen molar-refractivity contribution in [3.8, 4) is 0 Å². The lowest BCUT2D eigenvalue weighted by molar-refractivity contribution is 0.240. The molecular formula is C17H21N3O. The van der Waals surface area contributed by atoms with Crippen LogP contribution in [0.4, 0.5) is 21.9 Å². The highest BCUT2D eigenvalue weighted by Gasteiger charge is 2.22. The van der Waals surface area contributed by atoms with Gasteiger partial charge in [-0.3, -0.25) is 4.90 Å². The van der Waals surface area contributed by atoms with Crippen LogP contribution in [0.3, 0.4) is 0 Å². The number of hydrogen-bond donors (Lipinski definition) is 2. The highest BCUT2D eigenvalue weighted by molar-refractivity contribution is 5.99. The number of nitrogens with zero attached hydrogens (tertiary/aromatic N) is 1. The summed E-state index contributed by atoms with van der Waals surface area (Å²) in [5.74, 6) is 0. The molecule has 0 fully saturated rings. The van der Waals surface area contributed by atoms with Crippen LogP contribution in [0.15, 0.2) is 54.6 Å². The molecule has 0 aliphatic heterocycles. The van der Waals surface area contributed by atoms with Crippen molar-refractivity contribution in [1.29, 1.82) is 0 Å². The number of nitrogens with one attached hydrogen (secondary N) is 1. The van der Waals surface area contributed by atoms with E-state index < -0.39 is 0 Å². The highest BCUT2D eigenvalue weighted by Crippen LogP contribution is 2.26. The Morgan fingerprint density at radius 3 is 2.00 bits per heavy atom. The summed E-state index contributed by atoms with van der Waals surface area (Å²) in [7, 11) is 0. The van der Waals surface area contributed by atoms with E-state index in [0.29, 0.717) is 5.69 Å². The topological polar surface area (TPSA) is 58.4 Å². The first-order valence-electron chi connectivity index (χ1n) is 6.90. The Balaban J connectivity index is 2.40. The number of nitrogens with two attached hydrogens (primary N) is 1. The third kappa shape index (κ3) is 3.99. The lowest BCUT2D eigenvalue weighted by Gasteiger charge is -2.28. The zero-order valence-electron chi connectivity index (χ0n) is 12.6.